The van der Waals surface area contributed by atoms with Crippen molar-refractivity contribution in [3.05, 3.63) is 29.6 Å². The molecule has 0 saturated carbocycles. The molecule has 0 spiro atoms. The van der Waals surface area contributed by atoms with Crippen LogP contribution >= 0.6 is 0 Å². The van der Waals surface area contributed by atoms with E-state index in [1.807, 2.05) is 0 Å². The van der Waals surface area contributed by atoms with Gasteiger partial charge in [0.1, 0.15) is 18.3 Å². The number of benzene rings is 1. The highest BCUT2D eigenvalue weighted by atomic mass is 19.1. The molecule has 5 heteroatoms. The molecule has 1 atom stereocenters. The number of ether oxygens (including phenoxy) is 1. The van der Waals surface area contributed by atoms with Gasteiger partial charge in [-0.2, -0.15) is 0 Å². The molecule has 1 aromatic rings. The summed E-state index contributed by atoms with van der Waals surface area (Å²) < 4.78 is 18.2. The normalized spacial score (nSPS) is 19.9. The number of nitrogens with zero attached hydrogens (tertiary/aromatic N) is 1. The van der Waals surface area contributed by atoms with Crippen molar-refractivity contribution in [2.24, 2.45) is 0 Å². The zero-order valence-electron chi connectivity index (χ0n) is 8.06. The fourth-order valence-corrected chi connectivity index (χ4v) is 1.64. The molecule has 1 aliphatic rings. The van der Waals surface area contributed by atoms with Crippen LogP contribution in [0.25, 0.3) is 0 Å². The molecule has 0 bridgehead atoms. The third-order valence-corrected chi connectivity index (χ3v) is 2.42. The number of aryl methyl sites for hydroxylation is 1. The fraction of sp³-hybridized carbons (Fsp3) is 0.400. The van der Waals surface area contributed by atoms with E-state index in [0.29, 0.717) is 23.7 Å². The highest BCUT2D eigenvalue weighted by Crippen LogP contribution is 2.28. The quantitative estimate of drug-likeness (QED) is 0.571. The summed E-state index contributed by atoms with van der Waals surface area (Å²) in [6.07, 6.45) is 0.579. The van der Waals surface area contributed by atoms with E-state index < -0.39 is 13.0 Å². The van der Waals surface area contributed by atoms with Crippen molar-refractivity contribution in [1.29, 1.82) is 0 Å². The molecule has 1 aliphatic heterocycles. The van der Waals surface area contributed by atoms with Gasteiger partial charge in [-0.15, -0.1) is 5.06 Å². The van der Waals surface area contributed by atoms with Crippen LogP contribution in [0.15, 0.2) is 18.2 Å². The average molecular weight is 213 g/mol. The van der Waals surface area contributed by atoms with Crippen LogP contribution in [0.2, 0.25) is 0 Å². The second-order valence-corrected chi connectivity index (χ2v) is 3.44. The van der Waals surface area contributed by atoms with E-state index in [1.165, 1.54) is 18.2 Å². The van der Waals surface area contributed by atoms with Crippen LogP contribution in [-0.4, -0.2) is 28.3 Å². The lowest BCUT2D eigenvalue weighted by atomic mass is 10.1. The number of halogens is 1. The summed E-state index contributed by atoms with van der Waals surface area (Å²) in [6, 6.07) is 4.26. The lowest BCUT2D eigenvalue weighted by Crippen LogP contribution is -2.40. The summed E-state index contributed by atoms with van der Waals surface area (Å²) >= 11 is 0. The third kappa shape index (κ3) is 2.09. The number of hydroxylamine groups is 2. The molecule has 0 aliphatic carbocycles. The Morgan fingerprint density at radius 3 is 3.07 bits per heavy atom. The van der Waals surface area contributed by atoms with Gasteiger partial charge < -0.3 is 15.1 Å². The number of hydrogen-bond donors (Lipinski definition) is 2. The van der Waals surface area contributed by atoms with Crippen molar-refractivity contribution in [2.75, 3.05) is 6.73 Å². The van der Waals surface area contributed by atoms with Crippen molar-refractivity contribution in [3.63, 3.8) is 0 Å². The second-order valence-electron chi connectivity index (χ2n) is 3.44. The lowest BCUT2D eigenvalue weighted by Gasteiger charge is -2.30. The Bertz CT molecular complexity index is 359. The largest absolute Gasteiger partial charge is 0.473 e. The van der Waals surface area contributed by atoms with Gasteiger partial charge in [-0.25, -0.2) is 4.39 Å². The summed E-state index contributed by atoms with van der Waals surface area (Å²) in [5, 5.41) is 18.7. The molecule has 0 radical (unpaired) electrons. The summed E-state index contributed by atoms with van der Waals surface area (Å²) in [6.45, 7) is -0.485. The number of hydrogen-bond acceptors (Lipinski definition) is 4. The molecule has 0 fully saturated rings. The van der Waals surface area contributed by atoms with E-state index in [9.17, 15) is 9.60 Å². The van der Waals surface area contributed by atoms with Gasteiger partial charge in [0.15, 0.2) is 6.23 Å². The van der Waals surface area contributed by atoms with Crippen molar-refractivity contribution in [3.8, 4) is 5.75 Å². The highest BCUT2D eigenvalue weighted by Gasteiger charge is 2.24. The molecular weight excluding hydrogens is 201 g/mol. The molecule has 1 aromatic carbocycles. The van der Waals surface area contributed by atoms with Crippen LogP contribution < -0.4 is 4.74 Å². The zero-order valence-corrected chi connectivity index (χ0v) is 8.06. The molecule has 2 N–H and O–H groups in total. The molecule has 4 nitrogen and oxygen atoms in total. The summed E-state index contributed by atoms with van der Waals surface area (Å²) in [5.74, 6) is 0.263. The van der Waals surface area contributed by atoms with Gasteiger partial charge in [0.25, 0.3) is 0 Å². The molecule has 0 amide bonds. The van der Waals surface area contributed by atoms with Gasteiger partial charge in [-0.3, -0.25) is 0 Å². The number of aliphatic hydroxyl groups is 1. The molecule has 0 aromatic heterocycles. The monoisotopic (exact) mass is 213 g/mol. The van der Waals surface area contributed by atoms with Gasteiger partial charge in [-0.05, 0) is 30.2 Å². The Balaban J connectivity index is 2.16. The summed E-state index contributed by atoms with van der Waals surface area (Å²) in [4.78, 5) is 0. The smallest absolute Gasteiger partial charge is 0.177 e. The van der Waals surface area contributed by atoms with E-state index in [4.69, 9.17) is 9.84 Å². The van der Waals surface area contributed by atoms with Crippen LogP contribution in [0, 0.1) is 5.82 Å². The Hall–Kier alpha value is -1.17. The van der Waals surface area contributed by atoms with Gasteiger partial charge in [0, 0.05) is 6.42 Å². The van der Waals surface area contributed by atoms with E-state index >= 15 is 0 Å². The molecular formula is C10H12FNO3. The zero-order chi connectivity index (χ0) is 10.8. The van der Waals surface area contributed by atoms with Gasteiger partial charge >= 0.3 is 0 Å². The minimum Gasteiger partial charge on any atom is -0.473 e. The minimum atomic E-state index is -0.562. The Morgan fingerprint density at radius 1 is 1.53 bits per heavy atom. The van der Waals surface area contributed by atoms with Crippen molar-refractivity contribution in [2.45, 2.75) is 19.1 Å². The SMILES string of the molecule is OCN(O)[C@@H]1CCc2cc(F)ccc2O1. The van der Waals surface area contributed by atoms with Crippen LogP contribution in [-0.2, 0) is 6.42 Å². The number of aliphatic hydroxyl groups excluding tert-OH is 1. The van der Waals surface area contributed by atoms with Gasteiger partial charge in [0.05, 0.1) is 0 Å². The Morgan fingerprint density at radius 2 is 2.33 bits per heavy atom. The number of rotatable bonds is 2. The molecule has 0 saturated heterocycles. The van der Waals surface area contributed by atoms with Crippen LogP contribution in [0.4, 0.5) is 4.39 Å². The first-order valence-electron chi connectivity index (χ1n) is 4.72. The standard InChI is InChI=1S/C10H12FNO3/c11-8-2-3-9-7(5-8)1-4-10(15-9)12(14)6-13/h2-3,5,10,13-14H,1,4,6H2/t10-/m0/s1. The number of fused-ring (bicyclic) bond motifs is 1. The molecule has 1 heterocycles. The first kappa shape index (κ1) is 10.4. The summed E-state index contributed by atoms with van der Waals surface area (Å²) in [7, 11) is 0. The van der Waals surface area contributed by atoms with Gasteiger partial charge in [-0.1, -0.05) is 0 Å². The highest BCUT2D eigenvalue weighted by molar-refractivity contribution is 5.35. The van der Waals surface area contributed by atoms with Crippen molar-refractivity contribution in [1.82, 2.24) is 5.06 Å². The topological polar surface area (TPSA) is 52.9 Å². The third-order valence-electron chi connectivity index (χ3n) is 2.42. The van der Waals surface area contributed by atoms with Crippen molar-refractivity contribution < 1.29 is 19.4 Å². The fourth-order valence-electron chi connectivity index (χ4n) is 1.64. The Labute approximate surface area is 86.5 Å². The average Bonchev–Trinajstić information content (AvgIpc) is 2.27. The van der Waals surface area contributed by atoms with E-state index in [-0.39, 0.29) is 5.82 Å². The second kappa shape index (κ2) is 4.14. The maximum atomic E-state index is 12.9. The molecule has 82 valence electrons. The lowest BCUT2D eigenvalue weighted by molar-refractivity contribution is -0.224. The van der Waals surface area contributed by atoms with Gasteiger partial charge in [0.2, 0.25) is 0 Å². The first-order chi connectivity index (χ1) is 7.20. The van der Waals surface area contributed by atoms with Crippen LogP contribution in [0.5, 0.6) is 5.75 Å². The predicted molar refractivity (Wildman–Crippen MR) is 49.8 cm³/mol. The van der Waals surface area contributed by atoms with E-state index in [2.05, 4.69) is 0 Å². The first-order valence-corrected chi connectivity index (χ1v) is 4.72. The molecule has 2 rings (SSSR count). The summed E-state index contributed by atoms with van der Waals surface area (Å²) in [5.41, 5.74) is 0.789. The maximum Gasteiger partial charge on any atom is 0.177 e. The van der Waals surface area contributed by atoms with E-state index in [1.54, 1.807) is 0 Å². The van der Waals surface area contributed by atoms with Crippen molar-refractivity contribution >= 4 is 0 Å². The molecule has 0 unspecified atom stereocenters. The predicted octanol–water partition coefficient (Wildman–Crippen LogP) is 1.12. The van der Waals surface area contributed by atoms with Crippen LogP contribution in [0.3, 0.4) is 0 Å². The minimum absolute atomic E-state index is 0.293. The molecule has 15 heavy (non-hydrogen) atoms. The maximum absolute atomic E-state index is 12.9. The van der Waals surface area contributed by atoms with E-state index in [0.717, 1.165) is 5.56 Å². The van der Waals surface area contributed by atoms with Crippen LogP contribution in [0.1, 0.15) is 12.0 Å². The Kier molecular flexibility index (Phi) is 2.86.